The first-order valence-corrected chi connectivity index (χ1v) is 10.8. The summed E-state index contributed by atoms with van der Waals surface area (Å²) < 4.78 is 1.91. The van der Waals surface area contributed by atoms with Crippen LogP contribution in [0.2, 0.25) is 0 Å². The minimum atomic E-state index is -0.0225. The van der Waals surface area contributed by atoms with E-state index in [9.17, 15) is 4.79 Å². The maximum Gasteiger partial charge on any atom is 0.230 e. The molecule has 0 aliphatic carbocycles. The second-order valence-electron chi connectivity index (χ2n) is 7.02. The zero-order valence-corrected chi connectivity index (χ0v) is 17.8. The number of nitrogens with zero attached hydrogens (tertiary/aromatic N) is 4. The van der Waals surface area contributed by atoms with E-state index in [0.717, 1.165) is 34.4 Å². The SMILES string of the molecule is Cc1nnc(SCC(=O)NCCc2ccccc2)c2nn(-c3ccccc3)c(C)c12. The molecule has 0 atom stereocenters. The highest BCUT2D eigenvalue weighted by Gasteiger charge is 2.17. The molecule has 152 valence electrons. The molecule has 6 nitrogen and oxygen atoms in total. The summed E-state index contributed by atoms with van der Waals surface area (Å²) in [5, 5.41) is 18.0. The van der Waals surface area contributed by atoms with Crippen LogP contribution < -0.4 is 5.32 Å². The molecule has 0 unspecified atom stereocenters. The van der Waals surface area contributed by atoms with Gasteiger partial charge >= 0.3 is 0 Å². The Morgan fingerprint density at radius 1 is 1.00 bits per heavy atom. The molecule has 1 amide bonds. The van der Waals surface area contributed by atoms with Crippen molar-refractivity contribution in [3.8, 4) is 5.69 Å². The quantitative estimate of drug-likeness (QED) is 0.462. The van der Waals surface area contributed by atoms with Gasteiger partial charge in [-0.05, 0) is 38.0 Å². The first kappa shape index (κ1) is 20.1. The number of aryl methyl sites for hydroxylation is 2. The standard InChI is InChI=1S/C23H23N5OS/c1-16-21-17(2)28(19-11-7-4-8-12-19)27-22(21)23(26-25-16)30-15-20(29)24-14-13-18-9-5-3-6-10-18/h3-12H,13-15H2,1-2H3,(H,24,29). The largest absolute Gasteiger partial charge is 0.355 e. The van der Waals surface area contributed by atoms with Crippen molar-refractivity contribution in [2.24, 2.45) is 0 Å². The zero-order chi connectivity index (χ0) is 20.9. The van der Waals surface area contributed by atoms with E-state index in [4.69, 9.17) is 5.10 Å². The van der Waals surface area contributed by atoms with Gasteiger partial charge in [0.2, 0.25) is 5.91 Å². The van der Waals surface area contributed by atoms with Crippen molar-refractivity contribution in [2.75, 3.05) is 12.3 Å². The van der Waals surface area contributed by atoms with E-state index in [-0.39, 0.29) is 11.7 Å². The molecule has 30 heavy (non-hydrogen) atoms. The summed E-state index contributed by atoms with van der Waals surface area (Å²) in [6, 6.07) is 20.1. The van der Waals surface area contributed by atoms with Gasteiger partial charge in [0.1, 0.15) is 10.5 Å². The van der Waals surface area contributed by atoms with Crippen molar-refractivity contribution >= 4 is 28.6 Å². The molecule has 0 fully saturated rings. The maximum absolute atomic E-state index is 12.3. The minimum absolute atomic E-state index is 0.0225. The summed E-state index contributed by atoms with van der Waals surface area (Å²) in [5.74, 6) is 0.254. The summed E-state index contributed by atoms with van der Waals surface area (Å²) in [7, 11) is 0. The molecule has 2 aromatic carbocycles. The Hall–Kier alpha value is -3.19. The van der Waals surface area contributed by atoms with Crippen LogP contribution in [0.4, 0.5) is 0 Å². The van der Waals surface area contributed by atoms with Crippen LogP contribution in [0.3, 0.4) is 0 Å². The fourth-order valence-electron chi connectivity index (χ4n) is 3.40. The van der Waals surface area contributed by atoms with Crippen LogP contribution in [0.15, 0.2) is 65.7 Å². The number of aromatic nitrogens is 4. The Labute approximate surface area is 179 Å². The van der Waals surface area contributed by atoms with Gasteiger partial charge in [0.25, 0.3) is 0 Å². The Kier molecular flexibility index (Phi) is 6.09. The first-order chi connectivity index (χ1) is 14.6. The number of carbonyl (C=O) groups excluding carboxylic acids is 1. The number of para-hydroxylation sites is 1. The number of benzene rings is 2. The van der Waals surface area contributed by atoms with Gasteiger partial charge in [-0.3, -0.25) is 4.79 Å². The molecule has 2 aromatic heterocycles. The van der Waals surface area contributed by atoms with E-state index in [0.29, 0.717) is 11.6 Å². The van der Waals surface area contributed by atoms with Gasteiger partial charge in [-0.1, -0.05) is 60.3 Å². The predicted molar refractivity (Wildman–Crippen MR) is 120 cm³/mol. The number of thioether (sulfide) groups is 1. The van der Waals surface area contributed by atoms with E-state index >= 15 is 0 Å². The van der Waals surface area contributed by atoms with E-state index < -0.39 is 0 Å². The molecular formula is C23H23N5OS. The summed E-state index contributed by atoms with van der Waals surface area (Å²) in [5.41, 5.74) is 4.82. The Bertz CT molecular complexity index is 1160. The molecule has 7 heteroatoms. The van der Waals surface area contributed by atoms with Gasteiger partial charge in [-0.25, -0.2) is 4.68 Å². The Morgan fingerprint density at radius 2 is 1.70 bits per heavy atom. The molecule has 0 bridgehead atoms. The molecule has 0 saturated heterocycles. The monoisotopic (exact) mass is 417 g/mol. The third kappa shape index (κ3) is 4.36. The lowest BCUT2D eigenvalue weighted by Gasteiger charge is -2.05. The van der Waals surface area contributed by atoms with E-state index in [1.165, 1.54) is 17.3 Å². The second kappa shape index (κ2) is 9.09. The van der Waals surface area contributed by atoms with Crippen molar-refractivity contribution in [2.45, 2.75) is 25.3 Å². The van der Waals surface area contributed by atoms with Gasteiger partial charge in [0.15, 0.2) is 0 Å². The highest BCUT2D eigenvalue weighted by molar-refractivity contribution is 8.00. The maximum atomic E-state index is 12.3. The van der Waals surface area contributed by atoms with Crippen molar-refractivity contribution in [1.82, 2.24) is 25.3 Å². The third-order valence-electron chi connectivity index (χ3n) is 4.89. The van der Waals surface area contributed by atoms with Crippen molar-refractivity contribution in [3.63, 3.8) is 0 Å². The van der Waals surface area contributed by atoms with Gasteiger partial charge in [-0.15, -0.1) is 5.10 Å². The van der Waals surface area contributed by atoms with Crippen LogP contribution in [0.1, 0.15) is 17.0 Å². The van der Waals surface area contributed by atoms with Crippen molar-refractivity contribution < 1.29 is 4.79 Å². The Morgan fingerprint density at radius 3 is 2.43 bits per heavy atom. The third-order valence-corrected chi connectivity index (χ3v) is 5.85. The number of hydrogen-bond acceptors (Lipinski definition) is 5. The number of amides is 1. The van der Waals surface area contributed by atoms with Crippen LogP contribution in [0.25, 0.3) is 16.6 Å². The average Bonchev–Trinajstić information content (AvgIpc) is 3.13. The molecule has 4 aromatic rings. The van der Waals surface area contributed by atoms with Crippen LogP contribution in [0.5, 0.6) is 0 Å². The van der Waals surface area contributed by atoms with Crippen molar-refractivity contribution in [3.05, 3.63) is 77.6 Å². The summed E-state index contributed by atoms with van der Waals surface area (Å²) in [6.07, 6.45) is 0.812. The van der Waals surface area contributed by atoms with Crippen LogP contribution >= 0.6 is 11.8 Å². The highest BCUT2D eigenvalue weighted by atomic mass is 32.2. The summed E-state index contributed by atoms with van der Waals surface area (Å²) >= 11 is 1.37. The van der Waals surface area contributed by atoms with Crippen LogP contribution in [-0.2, 0) is 11.2 Å². The van der Waals surface area contributed by atoms with E-state index in [2.05, 4.69) is 27.6 Å². The number of nitrogens with one attached hydrogen (secondary N) is 1. The van der Waals surface area contributed by atoms with Gasteiger partial charge in [0, 0.05) is 11.9 Å². The number of carbonyl (C=O) groups is 1. The molecule has 2 heterocycles. The van der Waals surface area contributed by atoms with Crippen molar-refractivity contribution in [1.29, 1.82) is 0 Å². The summed E-state index contributed by atoms with van der Waals surface area (Å²) in [4.78, 5) is 12.3. The molecule has 1 N–H and O–H groups in total. The topological polar surface area (TPSA) is 72.7 Å². The highest BCUT2D eigenvalue weighted by Crippen LogP contribution is 2.29. The molecular weight excluding hydrogens is 394 g/mol. The van der Waals surface area contributed by atoms with Crippen LogP contribution in [0, 0.1) is 13.8 Å². The van der Waals surface area contributed by atoms with Gasteiger partial charge < -0.3 is 5.32 Å². The molecule has 0 aliphatic rings. The normalized spacial score (nSPS) is 11.0. The zero-order valence-electron chi connectivity index (χ0n) is 17.0. The van der Waals surface area contributed by atoms with Gasteiger partial charge in [0.05, 0.1) is 22.8 Å². The molecule has 0 aliphatic heterocycles. The first-order valence-electron chi connectivity index (χ1n) is 9.85. The molecule has 0 radical (unpaired) electrons. The lowest BCUT2D eigenvalue weighted by Crippen LogP contribution is -2.27. The smallest absolute Gasteiger partial charge is 0.230 e. The Balaban J connectivity index is 1.46. The lowest BCUT2D eigenvalue weighted by molar-refractivity contribution is -0.118. The number of hydrogen-bond donors (Lipinski definition) is 1. The molecule has 0 saturated carbocycles. The fraction of sp³-hybridized carbons (Fsp3) is 0.217. The van der Waals surface area contributed by atoms with Gasteiger partial charge in [-0.2, -0.15) is 10.2 Å². The fourth-order valence-corrected chi connectivity index (χ4v) is 4.14. The second-order valence-corrected chi connectivity index (χ2v) is 7.99. The molecule has 0 spiro atoms. The van der Waals surface area contributed by atoms with E-state index in [1.807, 2.05) is 67.1 Å². The summed E-state index contributed by atoms with van der Waals surface area (Å²) in [6.45, 7) is 4.58. The lowest BCUT2D eigenvalue weighted by atomic mass is 10.1. The average molecular weight is 418 g/mol. The van der Waals surface area contributed by atoms with E-state index in [1.54, 1.807) is 0 Å². The molecule has 4 rings (SSSR count). The number of fused-ring (bicyclic) bond motifs is 1. The predicted octanol–water partition coefficient (Wildman–Crippen LogP) is 3.88. The minimum Gasteiger partial charge on any atom is -0.355 e. The van der Waals surface area contributed by atoms with Crippen LogP contribution in [-0.4, -0.2) is 38.2 Å². The number of rotatable bonds is 7.